The number of ether oxygens (including phenoxy) is 2. The molecule has 0 amide bonds. The van der Waals surface area contributed by atoms with Crippen LogP contribution in [-0.2, 0) is 11.2 Å². The van der Waals surface area contributed by atoms with Crippen molar-refractivity contribution in [3.63, 3.8) is 0 Å². The summed E-state index contributed by atoms with van der Waals surface area (Å²) in [5.74, 6) is 0.644. The molecule has 4 rings (SSSR count). The van der Waals surface area contributed by atoms with Gasteiger partial charge >= 0.3 is 5.97 Å². The van der Waals surface area contributed by atoms with Gasteiger partial charge in [0.25, 0.3) is 0 Å². The monoisotopic (exact) mass is 497 g/mol. The number of likely N-dealkylation sites (tertiary alicyclic amines) is 1. The lowest BCUT2D eigenvalue weighted by Gasteiger charge is -2.17. The Morgan fingerprint density at radius 3 is 2.72 bits per heavy atom. The molecular weight excluding hydrogens is 466 g/mol. The largest absolute Gasteiger partial charge is 0.489 e. The SMILES string of the molecule is CCCCN1CC[C@H](Oc2ccc(C3=C(Br)CCCc4cc(C(=O)OC)ccc43)cc2)C1. The van der Waals surface area contributed by atoms with E-state index in [1.54, 1.807) is 0 Å². The van der Waals surface area contributed by atoms with Crippen molar-refractivity contribution >= 4 is 27.5 Å². The maximum absolute atomic E-state index is 12.0. The molecule has 1 fully saturated rings. The molecule has 0 saturated carbocycles. The van der Waals surface area contributed by atoms with Gasteiger partial charge in [0, 0.05) is 17.6 Å². The molecule has 0 bridgehead atoms. The molecule has 0 unspecified atom stereocenters. The highest BCUT2D eigenvalue weighted by atomic mass is 79.9. The number of hydrogen-bond donors (Lipinski definition) is 0. The van der Waals surface area contributed by atoms with Crippen LogP contribution in [0.3, 0.4) is 0 Å². The van der Waals surface area contributed by atoms with Crippen LogP contribution in [-0.4, -0.2) is 43.7 Å². The molecule has 1 aliphatic heterocycles. The number of rotatable bonds is 7. The summed E-state index contributed by atoms with van der Waals surface area (Å²) in [6, 6.07) is 14.4. The van der Waals surface area contributed by atoms with Gasteiger partial charge in [-0.15, -0.1) is 0 Å². The first-order chi connectivity index (χ1) is 15.6. The average Bonchev–Trinajstić information content (AvgIpc) is 3.19. The molecule has 0 radical (unpaired) electrons. The zero-order valence-electron chi connectivity index (χ0n) is 19.0. The van der Waals surface area contributed by atoms with Crippen molar-refractivity contribution in [3.05, 3.63) is 69.2 Å². The van der Waals surface area contributed by atoms with E-state index >= 15 is 0 Å². The minimum atomic E-state index is -0.289. The van der Waals surface area contributed by atoms with Gasteiger partial charge in [-0.25, -0.2) is 4.79 Å². The first-order valence-corrected chi connectivity index (χ1v) is 12.5. The van der Waals surface area contributed by atoms with Crippen molar-refractivity contribution in [1.82, 2.24) is 4.90 Å². The van der Waals surface area contributed by atoms with Crippen LogP contribution in [0.15, 0.2) is 46.9 Å². The van der Waals surface area contributed by atoms with Crippen LogP contribution < -0.4 is 4.74 Å². The summed E-state index contributed by atoms with van der Waals surface area (Å²) in [4.78, 5) is 14.5. The molecule has 0 spiro atoms. The molecule has 2 aromatic carbocycles. The Kier molecular flexibility index (Phi) is 7.69. The summed E-state index contributed by atoms with van der Waals surface area (Å²) in [6.07, 6.45) is 6.83. The Balaban J connectivity index is 1.52. The summed E-state index contributed by atoms with van der Waals surface area (Å²) >= 11 is 3.84. The van der Waals surface area contributed by atoms with E-state index in [0.29, 0.717) is 5.56 Å². The number of unbranched alkanes of at least 4 members (excludes halogenated alkanes) is 1. The quantitative estimate of drug-likeness (QED) is 0.425. The van der Waals surface area contributed by atoms with E-state index in [9.17, 15) is 4.79 Å². The first-order valence-electron chi connectivity index (χ1n) is 11.7. The third-order valence-corrected chi connectivity index (χ3v) is 7.21. The number of benzene rings is 2. The lowest BCUT2D eigenvalue weighted by atomic mass is 9.92. The van der Waals surface area contributed by atoms with Gasteiger partial charge in [-0.2, -0.15) is 0 Å². The van der Waals surface area contributed by atoms with E-state index in [1.807, 2.05) is 12.1 Å². The van der Waals surface area contributed by atoms with Crippen molar-refractivity contribution in [2.75, 3.05) is 26.7 Å². The molecular formula is C27H32BrNO3. The van der Waals surface area contributed by atoms with Gasteiger partial charge in [-0.3, -0.25) is 4.90 Å². The molecule has 4 nitrogen and oxygen atoms in total. The van der Waals surface area contributed by atoms with Crippen molar-refractivity contribution in [2.45, 2.75) is 51.6 Å². The summed E-state index contributed by atoms with van der Waals surface area (Å²) in [5.41, 5.74) is 5.34. The zero-order chi connectivity index (χ0) is 22.5. The van der Waals surface area contributed by atoms with Crippen molar-refractivity contribution in [2.24, 2.45) is 0 Å². The Hall–Kier alpha value is -2.11. The smallest absolute Gasteiger partial charge is 0.337 e. The van der Waals surface area contributed by atoms with E-state index in [-0.39, 0.29) is 12.1 Å². The van der Waals surface area contributed by atoms with Gasteiger partial charge in [0.05, 0.1) is 12.7 Å². The predicted molar refractivity (Wildman–Crippen MR) is 132 cm³/mol. The third kappa shape index (κ3) is 5.26. The number of aryl methyl sites for hydroxylation is 1. The van der Waals surface area contributed by atoms with Gasteiger partial charge < -0.3 is 9.47 Å². The Morgan fingerprint density at radius 1 is 1.16 bits per heavy atom. The van der Waals surface area contributed by atoms with E-state index in [0.717, 1.165) is 50.1 Å². The molecule has 170 valence electrons. The van der Waals surface area contributed by atoms with Gasteiger partial charge in [-0.05, 0) is 85.2 Å². The minimum absolute atomic E-state index is 0.277. The summed E-state index contributed by atoms with van der Waals surface area (Å²) < 4.78 is 12.4. The minimum Gasteiger partial charge on any atom is -0.489 e. The van der Waals surface area contributed by atoms with E-state index in [2.05, 4.69) is 58.1 Å². The summed E-state index contributed by atoms with van der Waals surface area (Å²) in [7, 11) is 1.42. The van der Waals surface area contributed by atoms with Gasteiger partial charge in [0.1, 0.15) is 11.9 Å². The molecule has 2 aromatic rings. The molecule has 1 aliphatic carbocycles. The molecule has 32 heavy (non-hydrogen) atoms. The normalized spacial score (nSPS) is 18.9. The van der Waals surface area contributed by atoms with E-state index in [4.69, 9.17) is 9.47 Å². The second-order valence-corrected chi connectivity index (χ2v) is 9.66. The maximum atomic E-state index is 12.0. The molecule has 2 aliphatic rings. The van der Waals surface area contributed by atoms with Crippen LogP contribution in [0.25, 0.3) is 5.57 Å². The van der Waals surface area contributed by atoms with Gasteiger partial charge in [-0.1, -0.05) is 47.5 Å². The molecule has 1 atom stereocenters. The molecule has 1 saturated heterocycles. The number of nitrogens with zero attached hydrogens (tertiary/aromatic N) is 1. The fraction of sp³-hybridized carbons (Fsp3) is 0.444. The van der Waals surface area contributed by atoms with Crippen LogP contribution >= 0.6 is 15.9 Å². The molecule has 5 heteroatoms. The van der Waals surface area contributed by atoms with Crippen LogP contribution in [0.5, 0.6) is 5.75 Å². The molecule has 0 aromatic heterocycles. The predicted octanol–water partition coefficient (Wildman–Crippen LogP) is 6.22. The van der Waals surface area contributed by atoms with Crippen molar-refractivity contribution in [3.8, 4) is 5.75 Å². The number of carbonyl (C=O) groups is 1. The van der Waals surface area contributed by atoms with E-state index in [1.165, 1.54) is 47.7 Å². The third-order valence-electron chi connectivity index (χ3n) is 6.41. The second kappa shape index (κ2) is 10.7. The molecule has 1 heterocycles. The second-order valence-electron chi connectivity index (χ2n) is 8.70. The van der Waals surface area contributed by atoms with Crippen LogP contribution in [0, 0.1) is 0 Å². The Bertz CT molecular complexity index is 983. The first kappa shape index (κ1) is 23.1. The number of carbonyl (C=O) groups excluding carboxylic acids is 1. The lowest BCUT2D eigenvalue weighted by Crippen LogP contribution is -2.25. The highest BCUT2D eigenvalue weighted by Crippen LogP contribution is 2.38. The molecule has 0 N–H and O–H groups in total. The lowest BCUT2D eigenvalue weighted by molar-refractivity contribution is 0.0600. The van der Waals surface area contributed by atoms with Crippen LogP contribution in [0.1, 0.15) is 66.1 Å². The highest BCUT2D eigenvalue weighted by Gasteiger charge is 2.24. The fourth-order valence-electron chi connectivity index (χ4n) is 4.68. The number of hydrogen-bond acceptors (Lipinski definition) is 4. The number of fused-ring (bicyclic) bond motifs is 1. The fourth-order valence-corrected chi connectivity index (χ4v) is 5.40. The van der Waals surface area contributed by atoms with Gasteiger partial charge in [0.15, 0.2) is 0 Å². The van der Waals surface area contributed by atoms with Crippen molar-refractivity contribution < 1.29 is 14.3 Å². The van der Waals surface area contributed by atoms with E-state index < -0.39 is 0 Å². The average molecular weight is 498 g/mol. The Labute approximate surface area is 199 Å². The Morgan fingerprint density at radius 2 is 1.97 bits per heavy atom. The van der Waals surface area contributed by atoms with Crippen LogP contribution in [0.2, 0.25) is 0 Å². The summed E-state index contributed by atoms with van der Waals surface area (Å²) in [5, 5.41) is 0. The number of esters is 1. The maximum Gasteiger partial charge on any atom is 0.337 e. The number of allylic oxidation sites excluding steroid dienone is 1. The van der Waals surface area contributed by atoms with Gasteiger partial charge in [0.2, 0.25) is 0 Å². The number of halogens is 1. The highest BCUT2D eigenvalue weighted by molar-refractivity contribution is 9.11. The zero-order valence-corrected chi connectivity index (χ0v) is 20.6. The van der Waals surface area contributed by atoms with Crippen molar-refractivity contribution in [1.29, 1.82) is 0 Å². The number of methoxy groups -OCH3 is 1. The van der Waals surface area contributed by atoms with Crippen LogP contribution in [0.4, 0.5) is 0 Å². The standard InChI is InChI=1S/C27H32BrNO3/c1-3-4-15-29-16-14-23(18-29)32-22-11-8-19(9-12-22)26-24-13-10-21(27(30)31-2)17-20(24)6-5-7-25(26)28/h8-13,17,23H,3-7,14-16,18H2,1-2H3/t23-/m0/s1. The summed E-state index contributed by atoms with van der Waals surface area (Å²) in [6.45, 7) is 5.57. The topological polar surface area (TPSA) is 38.8 Å².